The molecule has 0 bridgehead atoms. The minimum Gasteiger partial charge on any atom is -0.361 e. The number of aryl methyl sites for hydroxylation is 2. The Kier molecular flexibility index (Phi) is 2.89. The number of carbonyl (C=O) groups is 1. The molecule has 1 aliphatic rings. The Hall–Kier alpha value is -1.46. The van der Waals surface area contributed by atoms with Gasteiger partial charge in [0.25, 0.3) is 11.8 Å². The first-order valence-corrected chi connectivity index (χ1v) is 5.51. The molecule has 17 heavy (non-hydrogen) atoms. The molecule has 1 aliphatic heterocycles. The summed E-state index contributed by atoms with van der Waals surface area (Å²) in [5, 5.41) is 3.69. The quantitative estimate of drug-likeness (QED) is 0.760. The maximum absolute atomic E-state index is 13.0. The lowest BCUT2D eigenvalue weighted by atomic mass is 10.1. The summed E-state index contributed by atoms with van der Waals surface area (Å²) < 4.78 is 30.8. The van der Waals surface area contributed by atoms with Crippen LogP contribution in [0.2, 0.25) is 0 Å². The summed E-state index contributed by atoms with van der Waals surface area (Å²) in [6.45, 7) is 3.47. The predicted molar refractivity (Wildman–Crippen MR) is 56.1 cm³/mol. The van der Waals surface area contributed by atoms with Gasteiger partial charge >= 0.3 is 0 Å². The second-order valence-electron chi connectivity index (χ2n) is 4.35. The average molecular weight is 244 g/mol. The van der Waals surface area contributed by atoms with Crippen LogP contribution in [0, 0.1) is 13.8 Å². The molecule has 0 saturated carbocycles. The summed E-state index contributed by atoms with van der Waals surface area (Å²) in [6.07, 6.45) is -0.551. The second kappa shape index (κ2) is 4.09. The number of aromatic nitrogens is 1. The number of piperidine rings is 1. The molecule has 4 nitrogen and oxygen atoms in total. The zero-order valence-corrected chi connectivity index (χ0v) is 9.80. The van der Waals surface area contributed by atoms with Gasteiger partial charge in [0.1, 0.15) is 11.3 Å². The van der Waals surface area contributed by atoms with Crippen LogP contribution in [0.15, 0.2) is 4.52 Å². The van der Waals surface area contributed by atoms with Crippen molar-refractivity contribution >= 4 is 5.91 Å². The highest BCUT2D eigenvalue weighted by molar-refractivity contribution is 5.96. The lowest BCUT2D eigenvalue weighted by Crippen LogP contribution is -2.43. The van der Waals surface area contributed by atoms with Crippen LogP contribution in [0.1, 0.15) is 34.7 Å². The minimum atomic E-state index is -2.64. The first-order valence-electron chi connectivity index (χ1n) is 5.51. The molecule has 1 amide bonds. The van der Waals surface area contributed by atoms with E-state index in [1.165, 1.54) is 4.90 Å². The first-order chi connectivity index (χ1) is 7.91. The molecule has 0 aliphatic carbocycles. The largest absolute Gasteiger partial charge is 0.361 e. The van der Waals surface area contributed by atoms with Crippen LogP contribution in [0.25, 0.3) is 0 Å². The van der Waals surface area contributed by atoms with E-state index in [2.05, 4.69) is 5.16 Å². The van der Waals surface area contributed by atoms with E-state index >= 15 is 0 Å². The van der Waals surface area contributed by atoms with Crippen LogP contribution in [0.3, 0.4) is 0 Å². The zero-order valence-electron chi connectivity index (χ0n) is 9.80. The lowest BCUT2D eigenvalue weighted by Gasteiger charge is -2.31. The smallest absolute Gasteiger partial charge is 0.259 e. The maximum Gasteiger partial charge on any atom is 0.259 e. The molecule has 0 unspecified atom stereocenters. The fourth-order valence-corrected chi connectivity index (χ4v) is 1.98. The molecule has 2 heterocycles. The number of alkyl halides is 2. The van der Waals surface area contributed by atoms with Crippen molar-refractivity contribution in [2.45, 2.75) is 32.6 Å². The van der Waals surface area contributed by atoms with E-state index in [0.717, 1.165) is 0 Å². The summed E-state index contributed by atoms with van der Waals surface area (Å²) in [6, 6.07) is 0. The van der Waals surface area contributed by atoms with Crippen LogP contribution in [0.5, 0.6) is 0 Å². The highest BCUT2D eigenvalue weighted by atomic mass is 19.3. The Morgan fingerprint density at radius 2 is 1.94 bits per heavy atom. The average Bonchev–Trinajstić information content (AvgIpc) is 2.58. The summed E-state index contributed by atoms with van der Waals surface area (Å²) in [4.78, 5) is 13.5. The van der Waals surface area contributed by atoms with E-state index < -0.39 is 5.92 Å². The monoisotopic (exact) mass is 244 g/mol. The van der Waals surface area contributed by atoms with Crippen molar-refractivity contribution in [1.82, 2.24) is 10.1 Å². The van der Waals surface area contributed by atoms with Gasteiger partial charge in [-0.3, -0.25) is 4.79 Å². The zero-order chi connectivity index (χ0) is 12.6. The highest BCUT2D eigenvalue weighted by Crippen LogP contribution is 2.29. The topological polar surface area (TPSA) is 46.3 Å². The number of hydrogen-bond donors (Lipinski definition) is 0. The minimum absolute atomic E-state index is 0.0793. The highest BCUT2D eigenvalue weighted by Gasteiger charge is 2.36. The molecule has 1 saturated heterocycles. The van der Waals surface area contributed by atoms with Crippen LogP contribution in [-0.2, 0) is 0 Å². The molecule has 1 fully saturated rings. The first kappa shape index (κ1) is 12.0. The van der Waals surface area contributed by atoms with Crippen molar-refractivity contribution < 1.29 is 18.1 Å². The Morgan fingerprint density at radius 1 is 1.35 bits per heavy atom. The molecule has 0 aromatic carbocycles. The van der Waals surface area contributed by atoms with Crippen molar-refractivity contribution in [2.24, 2.45) is 0 Å². The van der Waals surface area contributed by atoms with Gasteiger partial charge in [-0.1, -0.05) is 5.16 Å². The van der Waals surface area contributed by atoms with E-state index in [9.17, 15) is 13.6 Å². The fraction of sp³-hybridized carbons (Fsp3) is 0.636. The maximum atomic E-state index is 13.0. The normalized spacial score (nSPS) is 19.4. The number of carbonyl (C=O) groups excluding carboxylic acids is 1. The molecule has 0 atom stereocenters. The van der Waals surface area contributed by atoms with Crippen molar-refractivity contribution in [1.29, 1.82) is 0 Å². The van der Waals surface area contributed by atoms with Crippen LogP contribution >= 0.6 is 0 Å². The molecule has 2 rings (SSSR count). The third-order valence-corrected chi connectivity index (χ3v) is 3.03. The third-order valence-electron chi connectivity index (χ3n) is 3.03. The Bertz CT molecular complexity index is 413. The van der Waals surface area contributed by atoms with E-state index in [1.54, 1.807) is 13.8 Å². The number of hydrogen-bond acceptors (Lipinski definition) is 3. The Morgan fingerprint density at radius 3 is 2.41 bits per heavy atom. The van der Waals surface area contributed by atoms with E-state index in [-0.39, 0.29) is 31.8 Å². The van der Waals surface area contributed by atoms with Crippen molar-refractivity contribution in [3.8, 4) is 0 Å². The fourth-order valence-electron chi connectivity index (χ4n) is 1.98. The van der Waals surface area contributed by atoms with Crippen molar-refractivity contribution in [3.63, 3.8) is 0 Å². The third kappa shape index (κ3) is 2.30. The van der Waals surface area contributed by atoms with Crippen LogP contribution < -0.4 is 0 Å². The van der Waals surface area contributed by atoms with E-state index in [0.29, 0.717) is 17.0 Å². The molecule has 1 aromatic rings. The van der Waals surface area contributed by atoms with Gasteiger partial charge in [-0.05, 0) is 13.8 Å². The summed E-state index contributed by atoms with van der Waals surface area (Å²) >= 11 is 0. The molecule has 0 radical (unpaired) electrons. The summed E-state index contributed by atoms with van der Waals surface area (Å²) in [7, 11) is 0. The molecule has 1 aromatic heterocycles. The number of nitrogens with zero attached hydrogens (tertiary/aromatic N) is 2. The van der Waals surface area contributed by atoms with Crippen LogP contribution in [0.4, 0.5) is 8.78 Å². The van der Waals surface area contributed by atoms with Gasteiger partial charge in [0, 0.05) is 25.9 Å². The van der Waals surface area contributed by atoms with Gasteiger partial charge in [0.2, 0.25) is 0 Å². The van der Waals surface area contributed by atoms with Gasteiger partial charge in [0.05, 0.1) is 5.69 Å². The van der Waals surface area contributed by atoms with Gasteiger partial charge in [-0.25, -0.2) is 8.78 Å². The number of rotatable bonds is 1. The lowest BCUT2D eigenvalue weighted by molar-refractivity contribution is -0.0494. The summed E-state index contributed by atoms with van der Waals surface area (Å²) in [5.74, 6) is -2.48. The standard InChI is InChI=1S/C11H14F2N2O2/c1-7-9(8(2)17-14-7)10(16)15-5-3-11(12,13)4-6-15/h3-6H2,1-2H3. The summed E-state index contributed by atoms with van der Waals surface area (Å²) in [5.41, 5.74) is 0.903. The van der Waals surface area contributed by atoms with Crippen LogP contribution in [-0.4, -0.2) is 35.0 Å². The molecule has 0 N–H and O–H groups in total. The number of amides is 1. The molecule has 0 spiro atoms. The SMILES string of the molecule is Cc1noc(C)c1C(=O)N1CCC(F)(F)CC1. The van der Waals surface area contributed by atoms with Gasteiger partial charge < -0.3 is 9.42 Å². The predicted octanol–water partition coefficient (Wildman–Crippen LogP) is 2.16. The molecular weight excluding hydrogens is 230 g/mol. The van der Waals surface area contributed by atoms with E-state index in [4.69, 9.17) is 4.52 Å². The molecule has 94 valence electrons. The molecular formula is C11H14F2N2O2. The van der Waals surface area contributed by atoms with Crippen molar-refractivity contribution in [3.05, 3.63) is 17.0 Å². The second-order valence-corrected chi connectivity index (χ2v) is 4.35. The van der Waals surface area contributed by atoms with Crippen molar-refractivity contribution in [2.75, 3.05) is 13.1 Å². The Labute approximate surface area is 97.6 Å². The Balaban J connectivity index is 2.12. The van der Waals surface area contributed by atoms with Gasteiger partial charge in [-0.15, -0.1) is 0 Å². The molecule has 6 heteroatoms. The van der Waals surface area contributed by atoms with E-state index in [1.807, 2.05) is 0 Å². The van der Waals surface area contributed by atoms with Gasteiger partial charge in [0.15, 0.2) is 0 Å². The van der Waals surface area contributed by atoms with Gasteiger partial charge in [-0.2, -0.15) is 0 Å². The number of likely N-dealkylation sites (tertiary alicyclic amines) is 1. The number of halogens is 2.